The molecule has 2 N–H and O–H groups in total. The van der Waals surface area contributed by atoms with Crippen molar-refractivity contribution in [2.45, 2.75) is 13.0 Å². The van der Waals surface area contributed by atoms with Crippen LogP contribution in [0, 0.1) is 5.82 Å². The largest absolute Gasteiger partial charge is 0.330 e. The maximum Gasteiger partial charge on any atom is 0.137 e. The zero-order chi connectivity index (χ0) is 11.3. The van der Waals surface area contributed by atoms with Crippen LogP contribution in [0.2, 0.25) is 0 Å². The van der Waals surface area contributed by atoms with E-state index in [1.54, 1.807) is 6.07 Å². The number of nitrogens with zero attached hydrogens (tertiary/aromatic N) is 1. The van der Waals surface area contributed by atoms with Crippen molar-refractivity contribution in [2.24, 2.45) is 5.73 Å². The van der Waals surface area contributed by atoms with Gasteiger partial charge in [0.15, 0.2) is 0 Å². The van der Waals surface area contributed by atoms with E-state index in [1.165, 1.54) is 6.07 Å². The summed E-state index contributed by atoms with van der Waals surface area (Å²) in [6.07, 6.45) is 0.985. The first kappa shape index (κ1) is 12.6. The summed E-state index contributed by atoms with van der Waals surface area (Å²) in [5, 5.41) is 0. The van der Waals surface area contributed by atoms with E-state index < -0.39 is 0 Å². The first-order valence-corrected chi connectivity index (χ1v) is 5.75. The molecule has 0 amide bonds. The lowest BCUT2D eigenvalue weighted by molar-refractivity contribution is 0.324. The van der Waals surface area contributed by atoms with E-state index in [0.717, 1.165) is 25.1 Å². The minimum Gasteiger partial charge on any atom is -0.330 e. The van der Waals surface area contributed by atoms with E-state index in [9.17, 15) is 4.39 Å². The Kier molecular flexibility index (Phi) is 5.22. The monoisotopic (exact) mass is 274 g/mol. The Hall–Kier alpha value is -0.450. The van der Waals surface area contributed by atoms with Crippen LogP contribution >= 0.6 is 15.9 Å². The van der Waals surface area contributed by atoms with Crippen molar-refractivity contribution in [1.82, 2.24) is 4.90 Å². The van der Waals surface area contributed by atoms with Crippen molar-refractivity contribution >= 4 is 15.9 Å². The minimum absolute atomic E-state index is 0.219. The molecule has 2 nitrogen and oxygen atoms in total. The van der Waals surface area contributed by atoms with Crippen LogP contribution in [0.5, 0.6) is 0 Å². The summed E-state index contributed by atoms with van der Waals surface area (Å²) in [5.74, 6) is -0.219. The van der Waals surface area contributed by atoms with Crippen molar-refractivity contribution < 1.29 is 4.39 Å². The maximum absolute atomic E-state index is 13.0. The molecule has 4 heteroatoms. The zero-order valence-corrected chi connectivity index (χ0v) is 10.4. The first-order chi connectivity index (χ1) is 7.13. The number of hydrogen-bond acceptors (Lipinski definition) is 2. The number of benzene rings is 1. The fraction of sp³-hybridized carbons (Fsp3) is 0.455. The van der Waals surface area contributed by atoms with Crippen LogP contribution in [0.1, 0.15) is 12.0 Å². The van der Waals surface area contributed by atoms with Gasteiger partial charge in [0.05, 0.1) is 4.47 Å². The Balaban J connectivity index is 2.53. The summed E-state index contributed by atoms with van der Waals surface area (Å²) in [6, 6.07) is 5.10. The van der Waals surface area contributed by atoms with Gasteiger partial charge >= 0.3 is 0 Å². The van der Waals surface area contributed by atoms with Gasteiger partial charge in [0, 0.05) is 6.54 Å². The Morgan fingerprint density at radius 1 is 1.47 bits per heavy atom. The van der Waals surface area contributed by atoms with Gasteiger partial charge in [0.2, 0.25) is 0 Å². The van der Waals surface area contributed by atoms with Crippen LogP contribution < -0.4 is 5.73 Å². The lowest BCUT2D eigenvalue weighted by atomic mass is 10.2. The smallest absolute Gasteiger partial charge is 0.137 e. The lowest BCUT2D eigenvalue weighted by Gasteiger charge is -2.16. The molecule has 0 heterocycles. The molecule has 0 radical (unpaired) electrons. The molecular formula is C11H16BrFN2. The molecule has 0 spiro atoms. The van der Waals surface area contributed by atoms with Gasteiger partial charge < -0.3 is 10.6 Å². The summed E-state index contributed by atoms with van der Waals surface area (Å²) in [4.78, 5) is 2.17. The predicted molar refractivity (Wildman–Crippen MR) is 64.1 cm³/mol. The number of nitrogens with two attached hydrogens (primary N) is 1. The second-order valence-corrected chi connectivity index (χ2v) is 4.48. The number of halogens is 2. The maximum atomic E-state index is 13.0. The van der Waals surface area contributed by atoms with Gasteiger partial charge in [0.1, 0.15) is 5.82 Å². The second kappa shape index (κ2) is 6.20. The summed E-state index contributed by atoms with van der Waals surface area (Å²) in [7, 11) is 2.03. The van der Waals surface area contributed by atoms with Gasteiger partial charge in [-0.05, 0) is 60.2 Å². The van der Waals surface area contributed by atoms with Gasteiger partial charge in [-0.3, -0.25) is 0 Å². The van der Waals surface area contributed by atoms with E-state index in [1.807, 2.05) is 13.1 Å². The minimum atomic E-state index is -0.219. The summed E-state index contributed by atoms with van der Waals surface area (Å²) in [5.41, 5.74) is 6.53. The highest BCUT2D eigenvalue weighted by molar-refractivity contribution is 9.10. The quantitative estimate of drug-likeness (QED) is 0.894. The molecule has 0 aliphatic heterocycles. The topological polar surface area (TPSA) is 29.3 Å². The first-order valence-electron chi connectivity index (χ1n) is 4.96. The second-order valence-electron chi connectivity index (χ2n) is 3.63. The molecule has 0 fully saturated rings. The molecule has 0 aliphatic carbocycles. The van der Waals surface area contributed by atoms with E-state index in [2.05, 4.69) is 20.8 Å². The molecule has 0 unspecified atom stereocenters. The summed E-state index contributed by atoms with van der Waals surface area (Å²) >= 11 is 3.18. The van der Waals surface area contributed by atoms with Crippen LogP contribution in [0.25, 0.3) is 0 Å². The fourth-order valence-electron chi connectivity index (χ4n) is 1.39. The number of hydrogen-bond donors (Lipinski definition) is 1. The van der Waals surface area contributed by atoms with Crippen LogP contribution in [-0.4, -0.2) is 25.0 Å². The highest BCUT2D eigenvalue weighted by Gasteiger charge is 2.03. The van der Waals surface area contributed by atoms with Gasteiger partial charge in [0.25, 0.3) is 0 Å². The predicted octanol–water partition coefficient (Wildman–Crippen LogP) is 2.37. The van der Waals surface area contributed by atoms with Crippen LogP contribution in [-0.2, 0) is 6.54 Å². The molecule has 0 saturated heterocycles. The molecule has 84 valence electrons. The van der Waals surface area contributed by atoms with E-state index in [0.29, 0.717) is 11.0 Å². The van der Waals surface area contributed by atoms with Gasteiger partial charge in [-0.15, -0.1) is 0 Å². The molecule has 1 aromatic rings. The zero-order valence-electron chi connectivity index (χ0n) is 8.84. The standard InChI is InChI=1S/C11H16BrFN2/c1-15(6-2-5-14)8-9-3-4-11(13)10(12)7-9/h3-4,7H,2,5-6,8,14H2,1H3. The Morgan fingerprint density at radius 3 is 2.80 bits per heavy atom. The molecule has 0 atom stereocenters. The lowest BCUT2D eigenvalue weighted by Crippen LogP contribution is -2.21. The molecule has 0 bridgehead atoms. The van der Waals surface area contributed by atoms with Crippen LogP contribution in [0.3, 0.4) is 0 Å². The average Bonchev–Trinajstić information content (AvgIpc) is 2.20. The third kappa shape index (κ3) is 4.28. The molecule has 1 rings (SSSR count). The van der Waals surface area contributed by atoms with E-state index in [-0.39, 0.29) is 5.82 Å². The van der Waals surface area contributed by atoms with Crippen LogP contribution in [0.15, 0.2) is 22.7 Å². The Bertz CT molecular complexity index is 317. The number of rotatable bonds is 5. The van der Waals surface area contributed by atoms with E-state index in [4.69, 9.17) is 5.73 Å². The molecule has 0 aromatic heterocycles. The summed E-state index contributed by atoms with van der Waals surface area (Å²) in [6.45, 7) is 2.49. The Labute approximate surface area is 98.4 Å². The van der Waals surface area contributed by atoms with Crippen molar-refractivity contribution in [3.05, 3.63) is 34.1 Å². The van der Waals surface area contributed by atoms with Crippen molar-refractivity contribution in [2.75, 3.05) is 20.1 Å². The van der Waals surface area contributed by atoms with Crippen molar-refractivity contribution in [3.8, 4) is 0 Å². The van der Waals surface area contributed by atoms with Crippen molar-refractivity contribution in [1.29, 1.82) is 0 Å². The highest BCUT2D eigenvalue weighted by Crippen LogP contribution is 2.17. The van der Waals surface area contributed by atoms with Gasteiger partial charge in [-0.1, -0.05) is 6.07 Å². The Morgan fingerprint density at radius 2 is 2.20 bits per heavy atom. The fourth-order valence-corrected chi connectivity index (χ4v) is 1.82. The average molecular weight is 275 g/mol. The van der Waals surface area contributed by atoms with E-state index >= 15 is 0 Å². The third-order valence-corrected chi connectivity index (χ3v) is 2.79. The van der Waals surface area contributed by atoms with Gasteiger partial charge in [-0.25, -0.2) is 4.39 Å². The molecule has 0 aliphatic rings. The SMILES string of the molecule is CN(CCCN)Cc1ccc(F)c(Br)c1. The third-order valence-electron chi connectivity index (χ3n) is 2.18. The molecular weight excluding hydrogens is 259 g/mol. The highest BCUT2D eigenvalue weighted by atomic mass is 79.9. The molecule has 15 heavy (non-hydrogen) atoms. The molecule has 0 saturated carbocycles. The normalized spacial score (nSPS) is 11.0. The van der Waals surface area contributed by atoms with Gasteiger partial charge in [-0.2, -0.15) is 0 Å². The van der Waals surface area contributed by atoms with Crippen molar-refractivity contribution in [3.63, 3.8) is 0 Å². The molecule has 1 aromatic carbocycles. The van der Waals surface area contributed by atoms with Crippen LogP contribution in [0.4, 0.5) is 4.39 Å². The summed E-state index contributed by atoms with van der Waals surface area (Å²) < 4.78 is 13.5.